The summed E-state index contributed by atoms with van der Waals surface area (Å²) in [6, 6.07) is 9.02. The van der Waals surface area contributed by atoms with Crippen LogP contribution in [0.2, 0.25) is 0 Å². The predicted octanol–water partition coefficient (Wildman–Crippen LogP) is 1.91. The van der Waals surface area contributed by atoms with Crippen LogP contribution in [0.1, 0.15) is 36.8 Å². The van der Waals surface area contributed by atoms with E-state index in [1.165, 1.54) is 0 Å². The fourth-order valence-corrected chi connectivity index (χ4v) is 2.74. The second kappa shape index (κ2) is 6.59. The van der Waals surface area contributed by atoms with Crippen LogP contribution in [0.5, 0.6) is 0 Å². The standard InChI is InChI=1S/C19H21N5O2/c1-19(2,3)16-15(24-10-4-9-21-18(24)23-16)12-5-7-13(8-6-12)17(26)22-11-14(20)25/h4-10H,11H2,1-3H3,(H2,20,25)(H,22,26). The number of aromatic nitrogens is 3. The molecule has 0 aliphatic carbocycles. The molecule has 134 valence electrons. The minimum Gasteiger partial charge on any atom is -0.368 e. The minimum atomic E-state index is -0.581. The summed E-state index contributed by atoms with van der Waals surface area (Å²) in [7, 11) is 0. The fraction of sp³-hybridized carbons (Fsp3) is 0.263. The van der Waals surface area contributed by atoms with Crippen LogP contribution in [0.3, 0.4) is 0 Å². The van der Waals surface area contributed by atoms with E-state index in [2.05, 4.69) is 36.1 Å². The van der Waals surface area contributed by atoms with Crippen LogP contribution in [-0.2, 0) is 10.2 Å². The quantitative estimate of drug-likeness (QED) is 0.749. The van der Waals surface area contributed by atoms with Crippen molar-refractivity contribution in [3.05, 3.63) is 54.0 Å². The first-order valence-corrected chi connectivity index (χ1v) is 8.28. The summed E-state index contributed by atoms with van der Waals surface area (Å²) in [6.07, 6.45) is 3.64. The number of nitrogens with zero attached hydrogens (tertiary/aromatic N) is 3. The number of primary amides is 1. The van der Waals surface area contributed by atoms with Crippen molar-refractivity contribution in [3.8, 4) is 11.3 Å². The van der Waals surface area contributed by atoms with E-state index in [0.29, 0.717) is 11.3 Å². The van der Waals surface area contributed by atoms with E-state index >= 15 is 0 Å². The summed E-state index contributed by atoms with van der Waals surface area (Å²) in [6.45, 7) is 6.12. The Balaban J connectivity index is 2.02. The number of fused-ring (bicyclic) bond motifs is 1. The van der Waals surface area contributed by atoms with E-state index in [1.807, 2.05) is 28.8 Å². The van der Waals surface area contributed by atoms with Crippen molar-refractivity contribution in [3.63, 3.8) is 0 Å². The molecule has 0 saturated heterocycles. The number of carbonyl (C=O) groups excluding carboxylic acids is 2. The van der Waals surface area contributed by atoms with Crippen molar-refractivity contribution >= 4 is 17.6 Å². The second-order valence-corrected chi connectivity index (χ2v) is 7.08. The number of nitrogens with one attached hydrogen (secondary N) is 1. The van der Waals surface area contributed by atoms with Gasteiger partial charge in [-0.05, 0) is 18.2 Å². The first kappa shape index (κ1) is 17.6. The van der Waals surface area contributed by atoms with Crippen molar-refractivity contribution in [2.24, 2.45) is 5.73 Å². The van der Waals surface area contributed by atoms with Crippen LogP contribution in [-0.4, -0.2) is 32.7 Å². The number of imidazole rings is 1. The van der Waals surface area contributed by atoms with Gasteiger partial charge in [-0.15, -0.1) is 0 Å². The molecule has 3 N–H and O–H groups in total. The Bertz CT molecular complexity index is 968. The lowest BCUT2D eigenvalue weighted by Crippen LogP contribution is -2.33. The van der Waals surface area contributed by atoms with E-state index < -0.39 is 5.91 Å². The van der Waals surface area contributed by atoms with Gasteiger partial charge in [-0.2, -0.15) is 0 Å². The molecule has 7 nitrogen and oxygen atoms in total. The highest BCUT2D eigenvalue weighted by atomic mass is 16.2. The molecule has 26 heavy (non-hydrogen) atoms. The molecule has 3 aromatic rings. The molecule has 2 heterocycles. The average Bonchev–Trinajstić information content (AvgIpc) is 2.99. The maximum atomic E-state index is 12.0. The number of nitrogens with two attached hydrogens (primary N) is 1. The van der Waals surface area contributed by atoms with Gasteiger partial charge in [0.15, 0.2) is 0 Å². The van der Waals surface area contributed by atoms with Crippen molar-refractivity contribution in [2.45, 2.75) is 26.2 Å². The lowest BCUT2D eigenvalue weighted by atomic mass is 9.89. The topological polar surface area (TPSA) is 102 Å². The third-order valence-electron chi connectivity index (χ3n) is 3.96. The highest BCUT2D eigenvalue weighted by Gasteiger charge is 2.25. The Morgan fingerprint density at radius 1 is 1.19 bits per heavy atom. The zero-order valence-electron chi connectivity index (χ0n) is 15.0. The van der Waals surface area contributed by atoms with Gasteiger partial charge in [0.25, 0.3) is 5.91 Å². The number of hydrogen-bond acceptors (Lipinski definition) is 4. The zero-order valence-corrected chi connectivity index (χ0v) is 15.0. The summed E-state index contributed by atoms with van der Waals surface area (Å²) in [4.78, 5) is 31.9. The average molecular weight is 351 g/mol. The van der Waals surface area contributed by atoms with Crippen molar-refractivity contribution in [1.82, 2.24) is 19.7 Å². The van der Waals surface area contributed by atoms with Gasteiger partial charge in [0.05, 0.1) is 17.9 Å². The highest BCUT2D eigenvalue weighted by molar-refractivity contribution is 5.96. The van der Waals surface area contributed by atoms with Gasteiger partial charge in [0, 0.05) is 28.9 Å². The molecule has 0 saturated carbocycles. The molecule has 0 spiro atoms. The maximum Gasteiger partial charge on any atom is 0.251 e. The largest absolute Gasteiger partial charge is 0.368 e. The van der Waals surface area contributed by atoms with Gasteiger partial charge in [-0.25, -0.2) is 9.97 Å². The number of hydrogen-bond donors (Lipinski definition) is 2. The Morgan fingerprint density at radius 2 is 1.88 bits per heavy atom. The van der Waals surface area contributed by atoms with Crippen molar-refractivity contribution in [1.29, 1.82) is 0 Å². The van der Waals surface area contributed by atoms with Crippen LogP contribution in [0.15, 0.2) is 42.7 Å². The first-order valence-electron chi connectivity index (χ1n) is 8.28. The molecule has 0 aliphatic heterocycles. The van der Waals surface area contributed by atoms with Crippen molar-refractivity contribution < 1.29 is 9.59 Å². The Labute approximate surface area is 151 Å². The molecule has 2 amide bonds. The van der Waals surface area contributed by atoms with Gasteiger partial charge >= 0.3 is 0 Å². The predicted molar refractivity (Wildman–Crippen MR) is 98.7 cm³/mol. The summed E-state index contributed by atoms with van der Waals surface area (Å²) in [5.41, 5.74) is 8.15. The highest BCUT2D eigenvalue weighted by Crippen LogP contribution is 2.33. The van der Waals surface area contributed by atoms with E-state index in [9.17, 15) is 9.59 Å². The van der Waals surface area contributed by atoms with Gasteiger partial charge in [0.1, 0.15) is 0 Å². The van der Waals surface area contributed by atoms with Gasteiger partial charge in [0.2, 0.25) is 11.7 Å². The molecule has 2 aromatic heterocycles. The molecule has 7 heteroatoms. The lowest BCUT2D eigenvalue weighted by molar-refractivity contribution is -0.117. The summed E-state index contributed by atoms with van der Waals surface area (Å²) >= 11 is 0. The Hall–Kier alpha value is -3.22. The summed E-state index contributed by atoms with van der Waals surface area (Å²) < 4.78 is 1.95. The molecule has 0 fully saturated rings. The van der Waals surface area contributed by atoms with Crippen LogP contribution in [0.25, 0.3) is 17.0 Å². The van der Waals surface area contributed by atoms with Gasteiger partial charge in [-0.1, -0.05) is 32.9 Å². The number of carbonyl (C=O) groups is 2. The van der Waals surface area contributed by atoms with E-state index in [4.69, 9.17) is 5.73 Å². The van der Waals surface area contributed by atoms with E-state index in [0.717, 1.165) is 17.0 Å². The molecule has 0 atom stereocenters. The zero-order chi connectivity index (χ0) is 18.9. The van der Waals surface area contributed by atoms with E-state index in [1.54, 1.807) is 18.3 Å². The number of benzene rings is 1. The van der Waals surface area contributed by atoms with Gasteiger partial charge in [-0.3, -0.25) is 14.0 Å². The van der Waals surface area contributed by atoms with Gasteiger partial charge < -0.3 is 11.1 Å². The Kier molecular flexibility index (Phi) is 4.46. The maximum absolute atomic E-state index is 12.0. The molecule has 3 rings (SSSR count). The minimum absolute atomic E-state index is 0.166. The molecule has 0 unspecified atom stereocenters. The van der Waals surface area contributed by atoms with E-state index in [-0.39, 0.29) is 17.9 Å². The smallest absolute Gasteiger partial charge is 0.251 e. The lowest BCUT2D eigenvalue weighted by Gasteiger charge is -2.18. The van der Waals surface area contributed by atoms with Crippen LogP contribution >= 0.6 is 0 Å². The number of rotatable bonds is 4. The molecular formula is C19H21N5O2. The molecule has 0 bridgehead atoms. The first-order chi connectivity index (χ1) is 12.3. The van der Waals surface area contributed by atoms with Crippen LogP contribution in [0, 0.1) is 0 Å². The second-order valence-electron chi connectivity index (χ2n) is 7.08. The van der Waals surface area contributed by atoms with Crippen molar-refractivity contribution in [2.75, 3.05) is 6.54 Å². The third-order valence-corrected chi connectivity index (χ3v) is 3.96. The summed E-state index contributed by atoms with van der Waals surface area (Å²) in [5.74, 6) is -0.287. The summed E-state index contributed by atoms with van der Waals surface area (Å²) in [5, 5.41) is 2.48. The fourth-order valence-electron chi connectivity index (χ4n) is 2.74. The normalized spacial score (nSPS) is 11.5. The molecule has 0 aliphatic rings. The molecular weight excluding hydrogens is 330 g/mol. The molecule has 0 radical (unpaired) electrons. The monoisotopic (exact) mass is 351 g/mol. The Morgan fingerprint density at radius 3 is 2.50 bits per heavy atom. The SMILES string of the molecule is CC(C)(C)c1nc2ncccn2c1-c1ccc(C(=O)NCC(N)=O)cc1. The van der Waals surface area contributed by atoms with Crippen LogP contribution < -0.4 is 11.1 Å². The van der Waals surface area contributed by atoms with Crippen LogP contribution in [0.4, 0.5) is 0 Å². The molecule has 1 aromatic carbocycles. The third kappa shape index (κ3) is 3.42. The number of amides is 2.